The molecule has 3 rings (SSSR count). The third-order valence-corrected chi connectivity index (χ3v) is 6.41. The Morgan fingerprint density at radius 1 is 1.25 bits per heavy atom. The normalized spacial score (nSPS) is 23.5. The summed E-state index contributed by atoms with van der Waals surface area (Å²) in [5, 5.41) is 3.02. The average Bonchev–Trinajstić information content (AvgIpc) is 2.57. The van der Waals surface area contributed by atoms with Crippen LogP contribution < -0.4 is 5.32 Å². The largest absolute Gasteiger partial charge is 0.336 e. The van der Waals surface area contributed by atoms with Crippen molar-refractivity contribution in [2.45, 2.75) is 24.6 Å². The number of benzene rings is 1. The summed E-state index contributed by atoms with van der Waals surface area (Å²) in [6, 6.07) is 5.84. The molecule has 2 aliphatic rings. The predicted molar refractivity (Wildman–Crippen MR) is 88.2 cm³/mol. The summed E-state index contributed by atoms with van der Waals surface area (Å²) >= 11 is 0. The number of piperazine rings is 1. The quantitative estimate of drug-likeness (QED) is 0.856. The fraction of sp³-hybridized carbons (Fsp3) is 0.562. The van der Waals surface area contributed by atoms with E-state index in [-0.39, 0.29) is 23.3 Å². The molecule has 0 bridgehead atoms. The first-order valence-electron chi connectivity index (χ1n) is 8.19. The number of carbonyl (C=O) groups excluding carboxylic acids is 1. The van der Waals surface area contributed by atoms with Crippen LogP contribution in [0.15, 0.2) is 24.3 Å². The lowest BCUT2D eigenvalue weighted by Crippen LogP contribution is -2.57. The van der Waals surface area contributed by atoms with Crippen molar-refractivity contribution in [1.29, 1.82) is 0 Å². The second-order valence-electron chi connectivity index (χ2n) is 6.27. The lowest BCUT2D eigenvalue weighted by Gasteiger charge is -2.40. The second kappa shape index (κ2) is 7.16. The van der Waals surface area contributed by atoms with Crippen LogP contribution in [0.3, 0.4) is 0 Å². The molecule has 132 valence electrons. The molecule has 8 heteroatoms. The molecule has 0 saturated carbocycles. The van der Waals surface area contributed by atoms with Gasteiger partial charge in [-0.15, -0.1) is 0 Å². The third-order valence-electron chi connectivity index (χ3n) is 4.62. The minimum atomic E-state index is -3.61. The molecular formula is C16H22FN3O3S. The summed E-state index contributed by atoms with van der Waals surface area (Å²) in [6.07, 6.45) is 1.51. The van der Waals surface area contributed by atoms with Crippen molar-refractivity contribution in [3.05, 3.63) is 35.6 Å². The van der Waals surface area contributed by atoms with E-state index in [0.717, 1.165) is 13.0 Å². The summed E-state index contributed by atoms with van der Waals surface area (Å²) in [7, 11) is -3.61. The van der Waals surface area contributed by atoms with Crippen LogP contribution in [0.4, 0.5) is 4.39 Å². The van der Waals surface area contributed by atoms with Gasteiger partial charge in [-0.05, 0) is 18.9 Å². The van der Waals surface area contributed by atoms with Crippen LogP contribution in [-0.4, -0.2) is 62.3 Å². The maximum absolute atomic E-state index is 13.8. The lowest BCUT2D eigenvalue weighted by atomic mass is 10.1. The minimum absolute atomic E-state index is 0.0135. The molecule has 1 atom stereocenters. The van der Waals surface area contributed by atoms with E-state index in [1.54, 1.807) is 17.0 Å². The number of nitrogens with one attached hydrogen (secondary N) is 1. The zero-order valence-electron chi connectivity index (χ0n) is 13.4. The first-order valence-corrected chi connectivity index (χ1v) is 9.80. The number of hydrogen-bond donors (Lipinski definition) is 1. The fourth-order valence-corrected chi connectivity index (χ4v) is 4.95. The van der Waals surface area contributed by atoms with E-state index in [1.165, 1.54) is 16.4 Å². The molecule has 1 N–H and O–H groups in total. The zero-order chi connectivity index (χ0) is 17.2. The fourth-order valence-electron chi connectivity index (χ4n) is 3.34. The van der Waals surface area contributed by atoms with E-state index in [4.69, 9.17) is 0 Å². The second-order valence-corrected chi connectivity index (χ2v) is 8.23. The van der Waals surface area contributed by atoms with Crippen molar-refractivity contribution in [2.24, 2.45) is 0 Å². The highest BCUT2D eigenvalue weighted by Crippen LogP contribution is 2.22. The number of halogens is 1. The Hall–Kier alpha value is -1.51. The van der Waals surface area contributed by atoms with Gasteiger partial charge in [0.05, 0.1) is 12.3 Å². The molecule has 2 fully saturated rings. The molecule has 1 amide bonds. The molecule has 0 aromatic heterocycles. The summed E-state index contributed by atoms with van der Waals surface area (Å²) in [6.45, 7) is 2.35. The third kappa shape index (κ3) is 3.76. The van der Waals surface area contributed by atoms with Gasteiger partial charge in [0.25, 0.3) is 0 Å². The maximum atomic E-state index is 13.8. The molecule has 0 spiro atoms. The maximum Gasteiger partial charge on any atom is 0.236 e. The number of rotatable bonds is 4. The van der Waals surface area contributed by atoms with E-state index in [9.17, 15) is 17.6 Å². The van der Waals surface area contributed by atoms with Gasteiger partial charge in [0, 0.05) is 37.8 Å². The van der Waals surface area contributed by atoms with E-state index >= 15 is 0 Å². The van der Waals surface area contributed by atoms with Gasteiger partial charge in [0.15, 0.2) is 0 Å². The van der Waals surface area contributed by atoms with Gasteiger partial charge < -0.3 is 10.2 Å². The Balaban J connectivity index is 1.71. The van der Waals surface area contributed by atoms with Crippen molar-refractivity contribution in [3.63, 3.8) is 0 Å². The monoisotopic (exact) mass is 355 g/mol. The summed E-state index contributed by atoms with van der Waals surface area (Å²) < 4.78 is 40.5. The Labute approximate surface area is 141 Å². The van der Waals surface area contributed by atoms with Crippen molar-refractivity contribution in [1.82, 2.24) is 14.5 Å². The van der Waals surface area contributed by atoms with Gasteiger partial charge in [0.2, 0.25) is 15.9 Å². The number of piperidine rings is 1. The van der Waals surface area contributed by atoms with Crippen LogP contribution in [0, 0.1) is 5.82 Å². The van der Waals surface area contributed by atoms with E-state index in [1.807, 2.05) is 0 Å². The molecule has 2 aliphatic heterocycles. The van der Waals surface area contributed by atoms with E-state index < -0.39 is 15.8 Å². The molecule has 0 aliphatic carbocycles. The standard InChI is InChI=1S/C16H22FN3O3S/c17-15-6-2-1-4-13(15)12-24(22,23)19-8-3-5-14(11-19)20-9-7-18-10-16(20)21/h1-2,4,6,14,18H,3,5,7-12H2. The summed E-state index contributed by atoms with van der Waals surface area (Å²) in [4.78, 5) is 13.8. The number of amides is 1. The predicted octanol–water partition coefficient (Wildman–Crippen LogP) is 0.552. The Kier molecular flexibility index (Phi) is 5.17. The van der Waals surface area contributed by atoms with Gasteiger partial charge in [-0.1, -0.05) is 18.2 Å². The lowest BCUT2D eigenvalue weighted by molar-refractivity contribution is -0.135. The van der Waals surface area contributed by atoms with Crippen LogP contribution in [0.25, 0.3) is 0 Å². The highest BCUT2D eigenvalue weighted by atomic mass is 32.2. The molecular weight excluding hydrogens is 333 g/mol. The minimum Gasteiger partial charge on any atom is -0.336 e. The van der Waals surface area contributed by atoms with Crippen molar-refractivity contribution in [3.8, 4) is 0 Å². The molecule has 2 heterocycles. The number of nitrogens with zero attached hydrogens (tertiary/aromatic N) is 2. The molecule has 2 saturated heterocycles. The Morgan fingerprint density at radius 2 is 2.04 bits per heavy atom. The first kappa shape index (κ1) is 17.3. The number of hydrogen-bond acceptors (Lipinski definition) is 4. The van der Waals surface area contributed by atoms with Crippen LogP contribution in [0.2, 0.25) is 0 Å². The van der Waals surface area contributed by atoms with Crippen LogP contribution in [0.1, 0.15) is 18.4 Å². The highest BCUT2D eigenvalue weighted by molar-refractivity contribution is 7.88. The Bertz CT molecular complexity index is 710. The van der Waals surface area contributed by atoms with Gasteiger partial charge in [-0.2, -0.15) is 4.31 Å². The summed E-state index contributed by atoms with van der Waals surface area (Å²) in [5.41, 5.74) is 0.179. The first-order chi connectivity index (χ1) is 11.5. The number of carbonyl (C=O) groups is 1. The highest BCUT2D eigenvalue weighted by Gasteiger charge is 2.34. The molecule has 6 nitrogen and oxygen atoms in total. The molecule has 1 aromatic carbocycles. The van der Waals surface area contributed by atoms with Gasteiger partial charge in [0.1, 0.15) is 5.82 Å². The topological polar surface area (TPSA) is 69.7 Å². The molecule has 1 aromatic rings. The smallest absolute Gasteiger partial charge is 0.236 e. The van der Waals surface area contributed by atoms with Crippen molar-refractivity contribution >= 4 is 15.9 Å². The van der Waals surface area contributed by atoms with E-state index in [0.29, 0.717) is 32.6 Å². The average molecular weight is 355 g/mol. The SMILES string of the molecule is O=C1CNCCN1C1CCCN(S(=O)(=O)Cc2ccccc2F)C1. The molecule has 0 radical (unpaired) electrons. The van der Waals surface area contributed by atoms with Gasteiger partial charge in [-0.3, -0.25) is 4.79 Å². The van der Waals surface area contributed by atoms with Gasteiger partial charge >= 0.3 is 0 Å². The van der Waals surface area contributed by atoms with Crippen molar-refractivity contribution < 1.29 is 17.6 Å². The van der Waals surface area contributed by atoms with Gasteiger partial charge in [-0.25, -0.2) is 12.8 Å². The van der Waals surface area contributed by atoms with Crippen LogP contribution in [0.5, 0.6) is 0 Å². The van der Waals surface area contributed by atoms with Crippen LogP contribution in [-0.2, 0) is 20.6 Å². The molecule has 1 unspecified atom stereocenters. The summed E-state index contributed by atoms with van der Waals surface area (Å²) in [5.74, 6) is -0.839. The molecule has 24 heavy (non-hydrogen) atoms. The van der Waals surface area contributed by atoms with Crippen molar-refractivity contribution in [2.75, 3.05) is 32.7 Å². The van der Waals surface area contributed by atoms with Crippen LogP contribution >= 0.6 is 0 Å². The number of sulfonamides is 1. The van der Waals surface area contributed by atoms with E-state index in [2.05, 4.69) is 5.32 Å². The Morgan fingerprint density at radius 3 is 2.79 bits per heavy atom. The zero-order valence-corrected chi connectivity index (χ0v) is 14.3.